The summed E-state index contributed by atoms with van der Waals surface area (Å²) in [6.07, 6.45) is 11.2. The summed E-state index contributed by atoms with van der Waals surface area (Å²) in [4.78, 5) is 2.64. The molecule has 0 saturated heterocycles. The van der Waals surface area contributed by atoms with E-state index < -0.39 is 0 Å². The first-order valence-electron chi connectivity index (χ1n) is 8.58. The molecule has 0 unspecified atom stereocenters. The van der Waals surface area contributed by atoms with Gasteiger partial charge < -0.3 is 10.2 Å². The number of nitrogens with one attached hydrogen (secondary N) is 1. The molecule has 1 saturated carbocycles. The molecule has 0 bridgehead atoms. The number of rotatable bonds is 8. The second-order valence-corrected chi connectivity index (χ2v) is 6.58. The van der Waals surface area contributed by atoms with Gasteiger partial charge in [0.15, 0.2) is 0 Å². The van der Waals surface area contributed by atoms with Crippen molar-refractivity contribution in [3.63, 3.8) is 0 Å². The third-order valence-corrected chi connectivity index (χ3v) is 5.06. The standard InChI is InChI=1S/C17H36N2/c1-5-16(6-2)19(4)15-17(14-18-7-3)12-10-8-9-11-13-17/h16,18H,5-15H2,1-4H3. The Labute approximate surface area is 121 Å². The van der Waals surface area contributed by atoms with E-state index in [4.69, 9.17) is 0 Å². The maximum atomic E-state index is 3.64. The van der Waals surface area contributed by atoms with Crippen molar-refractivity contribution in [3.8, 4) is 0 Å². The molecule has 0 radical (unpaired) electrons. The predicted molar refractivity (Wildman–Crippen MR) is 85.7 cm³/mol. The van der Waals surface area contributed by atoms with Crippen molar-refractivity contribution in [2.75, 3.05) is 26.7 Å². The highest BCUT2D eigenvalue weighted by atomic mass is 15.1. The average molecular weight is 268 g/mol. The molecule has 0 aromatic rings. The maximum absolute atomic E-state index is 3.64. The SMILES string of the molecule is CCNCC1(CN(C)C(CC)CC)CCCCCC1. The zero-order chi connectivity index (χ0) is 14.1. The van der Waals surface area contributed by atoms with Crippen LogP contribution in [0.1, 0.15) is 72.1 Å². The van der Waals surface area contributed by atoms with Crippen LogP contribution >= 0.6 is 0 Å². The second kappa shape index (κ2) is 8.97. The monoisotopic (exact) mass is 268 g/mol. The van der Waals surface area contributed by atoms with Crippen molar-refractivity contribution >= 4 is 0 Å². The van der Waals surface area contributed by atoms with Gasteiger partial charge in [-0.05, 0) is 44.7 Å². The quantitative estimate of drug-likeness (QED) is 0.668. The van der Waals surface area contributed by atoms with Gasteiger partial charge >= 0.3 is 0 Å². The Bertz CT molecular complexity index is 215. The van der Waals surface area contributed by atoms with Crippen LogP contribution < -0.4 is 5.32 Å². The Balaban J connectivity index is 2.66. The Morgan fingerprint density at radius 3 is 2.05 bits per heavy atom. The molecule has 2 nitrogen and oxygen atoms in total. The lowest BCUT2D eigenvalue weighted by atomic mass is 9.79. The van der Waals surface area contributed by atoms with Crippen molar-refractivity contribution in [1.29, 1.82) is 0 Å². The Kier molecular flexibility index (Phi) is 8.01. The van der Waals surface area contributed by atoms with E-state index in [9.17, 15) is 0 Å². The van der Waals surface area contributed by atoms with E-state index in [0.717, 1.165) is 12.6 Å². The van der Waals surface area contributed by atoms with E-state index in [-0.39, 0.29) is 0 Å². The number of hydrogen-bond donors (Lipinski definition) is 1. The Morgan fingerprint density at radius 1 is 1.00 bits per heavy atom. The van der Waals surface area contributed by atoms with Gasteiger partial charge in [0.2, 0.25) is 0 Å². The summed E-state index contributed by atoms with van der Waals surface area (Å²) in [5.74, 6) is 0. The maximum Gasteiger partial charge on any atom is 0.00872 e. The van der Waals surface area contributed by atoms with Crippen LogP contribution in [0.5, 0.6) is 0 Å². The molecule has 19 heavy (non-hydrogen) atoms. The fourth-order valence-electron chi connectivity index (χ4n) is 3.83. The summed E-state index contributed by atoms with van der Waals surface area (Å²) in [5, 5.41) is 3.64. The van der Waals surface area contributed by atoms with E-state index in [1.165, 1.54) is 64.5 Å². The summed E-state index contributed by atoms with van der Waals surface area (Å²) < 4.78 is 0. The highest BCUT2D eigenvalue weighted by molar-refractivity contribution is 4.87. The third-order valence-electron chi connectivity index (χ3n) is 5.06. The molecule has 0 aromatic heterocycles. The molecule has 0 aliphatic heterocycles. The van der Waals surface area contributed by atoms with Crippen LogP contribution in [0.25, 0.3) is 0 Å². The molecule has 0 amide bonds. The van der Waals surface area contributed by atoms with Gasteiger partial charge in [0.25, 0.3) is 0 Å². The van der Waals surface area contributed by atoms with Gasteiger partial charge in [0.1, 0.15) is 0 Å². The lowest BCUT2D eigenvalue weighted by molar-refractivity contribution is 0.111. The first-order chi connectivity index (χ1) is 9.17. The van der Waals surface area contributed by atoms with Crippen molar-refractivity contribution in [1.82, 2.24) is 10.2 Å². The first kappa shape index (κ1) is 17.0. The molecular formula is C17H36N2. The number of hydrogen-bond acceptors (Lipinski definition) is 2. The summed E-state index contributed by atoms with van der Waals surface area (Å²) in [7, 11) is 2.34. The minimum absolute atomic E-state index is 0.532. The second-order valence-electron chi connectivity index (χ2n) is 6.58. The summed E-state index contributed by atoms with van der Waals surface area (Å²) >= 11 is 0. The topological polar surface area (TPSA) is 15.3 Å². The summed E-state index contributed by atoms with van der Waals surface area (Å²) in [6.45, 7) is 10.5. The van der Waals surface area contributed by atoms with Crippen LogP contribution in [0.2, 0.25) is 0 Å². The van der Waals surface area contributed by atoms with Crippen molar-refractivity contribution in [2.24, 2.45) is 5.41 Å². The minimum Gasteiger partial charge on any atom is -0.316 e. The Hall–Kier alpha value is -0.0800. The van der Waals surface area contributed by atoms with Gasteiger partial charge in [-0.25, -0.2) is 0 Å². The molecule has 1 N–H and O–H groups in total. The first-order valence-corrected chi connectivity index (χ1v) is 8.58. The van der Waals surface area contributed by atoms with E-state index in [1.807, 2.05) is 0 Å². The molecule has 114 valence electrons. The smallest absolute Gasteiger partial charge is 0.00872 e. The number of nitrogens with zero attached hydrogens (tertiary/aromatic N) is 1. The normalized spacial score (nSPS) is 19.9. The van der Waals surface area contributed by atoms with Gasteiger partial charge in [0.05, 0.1) is 0 Å². The van der Waals surface area contributed by atoms with E-state index in [1.54, 1.807) is 0 Å². The molecular weight excluding hydrogens is 232 g/mol. The zero-order valence-corrected chi connectivity index (χ0v) is 13.8. The molecule has 2 heteroatoms. The summed E-state index contributed by atoms with van der Waals surface area (Å²) in [5.41, 5.74) is 0.532. The molecule has 1 aliphatic carbocycles. The molecule has 1 rings (SSSR count). The van der Waals surface area contributed by atoms with Gasteiger partial charge in [-0.3, -0.25) is 0 Å². The van der Waals surface area contributed by atoms with Gasteiger partial charge in [-0.2, -0.15) is 0 Å². The minimum atomic E-state index is 0.532. The van der Waals surface area contributed by atoms with E-state index in [0.29, 0.717) is 5.41 Å². The largest absolute Gasteiger partial charge is 0.316 e. The molecule has 1 fully saturated rings. The highest BCUT2D eigenvalue weighted by Gasteiger charge is 2.32. The average Bonchev–Trinajstić information content (AvgIpc) is 2.64. The van der Waals surface area contributed by atoms with Crippen molar-refractivity contribution in [3.05, 3.63) is 0 Å². The third kappa shape index (κ3) is 5.43. The van der Waals surface area contributed by atoms with Crippen LogP contribution in [-0.2, 0) is 0 Å². The van der Waals surface area contributed by atoms with Crippen molar-refractivity contribution < 1.29 is 0 Å². The van der Waals surface area contributed by atoms with Gasteiger partial charge in [-0.1, -0.05) is 46.5 Å². The van der Waals surface area contributed by atoms with Gasteiger partial charge in [-0.15, -0.1) is 0 Å². The van der Waals surface area contributed by atoms with Crippen LogP contribution in [0.4, 0.5) is 0 Å². The Morgan fingerprint density at radius 2 is 1.58 bits per heavy atom. The molecule has 0 spiro atoms. The predicted octanol–water partition coefficient (Wildman–Crippen LogP) is 4.06. The molecule has 1 aliphatic rings. The van der Waals surface area contributed by atoms with Crippen LogP contribution in [-0.4, -0.2) is 37.6 Å². The zero-order valence-electron chi connectivity index (χ0n) is 13.8. The van der Waals surface area contributed by atoms with Crippen molar-refractivity contribution in [2.45, 2.75) is 78.2 Å². The lowest BCUT2D eigenvalue weighted by Crippen LogP contribution is -2.45. The molecule has 0 heterocycles. The lowest BCUT2D eigenvalue weighted by Gasteiger charge is -2.39. The fraction of sp³-hybridized carbons (Fsp3) is 1.00. The fourth-order valence-corrected chi connectivity index (χ4v) is 3.83. The van der Waals surface area contributed by atoms with E-state index in [2.05, 4.69) is 38.0 Å². The molecule has 0 atom stereocenters. The van der Waals surface area contributed by atoms with Gasteiger partial charge in [0, 0.05) is 19.1 Å². The highest BCUT2D eigenvalue weighted by Crippen LogP contribution is 2.35. The van der Waals surface area contributed by atoms with E-state index >= 15 is 0 Å². The molecule has 0 aromatic carbocycles. The summed E-state index contributed by atoms with van der Waals surface area (Å²) in [6, 6.07) is 0.766. The van der Waals surface area contributed by atoms with Crippen LogP contribution in [0, 0.1) is 5.41 Å². The van der Waals surface area contributed by atoms with Crippen LogP contribution in [0.15, 0.2) is 0 Å². The van der Waals surface area contributed by atoms with Crippen LogP contribution in [0.3, 0.4) is 0 Å².